The molecule has 21 heavy (non-hydrogen) atoms. The van der Waals surface area contributed by atoms with Crippen LogP contribution < -0.4 is 9.46 Å². The molecule has 0 aromatic heterocycles. The highest BCUT2D eigenvalue weighted by Crippen LogP contribution is 2.24. The van der Waals surface area contributed by atoms with Gasteiger partial charge in [-0.15, -0.1) is 0 Å². The van der Waals surface area contributed by atoms with Gasteiger partial charge in [-0.25, -0.2) is 13.1 Å². The normalized spacial score (nSPS) is 19.4. The van der Waals surface area contributed by atoms with Crippen LogP contribution >= 0.6 is 11.8 Å². The predicted octanol–water partition coefficient (Wildman–Crippen LogP) is 1.40. The van der Waals surface area contributed by atoms with Gasteiger partial charge >= 0.3 is 0 Å². The summed E-state index contributed by atoms with van der Waals surface area (Å²) in [7, 11) is -2.04. The fourth-order valence-electron chi connectivity index (χ4n) is 2.38. The number of benzene rings is 1. The summed E-state index contributed by atoms with van der Waals surface area (Å²) in [6.45, 7) is -0.102. The highest BCUT2D eigenvalue weighted by atomic mass is 32.2. The van der Waals surface area contributed by atoms with Crippen molar-refractivity contribution >= 4 is 21.8 Å². The molecule has 0 spiro atoms. The number of hydrogen-bond donors (Lipinski definition) is 2. The van der Waals surface area contributed by atoms with Gasteiger partial charge in [0.15, 0.2) is 0 Å². The van der Waals surface area contributed by atoms with Crippen molar-refractivity contribution in [3.8, 4) is 5.75 Å². The molecule has 1 heterocycles. The zero-order valence-corrected chi connectivity index (χ0v) is 13.7. The standard InChI is InChI=1S/C14H21NO4S2/c1-19-13-4-5-14(11(9-13)6-7-16)21(17,18)15-12-3-2-8-20-10-12/h4-5,9,12,15-16H,2-3,6-8,10H2,1H3. The third-order valence-corrected chi connectivity index (χ3v) is 6.26. The largest absolute Gasteiger partial charge is 0.497 e. The van der Waals surface area contributed by atoms with Crippen LogP contribution in [0.2, 0.25) is 0 Å². The number of ether oxygens (including phenoxy) is 1. The van der Waals surface area contributed by atoms with Crippen molar-refractivity contribution in [2.75, 3.05) is 25.2 Å². The van der Waals surface area contributed by atoms with Gasteiger partial charge in [0, 0.05) is 18.4 Å². The highest BCUT2D eigenvalue weighted by molar-refractivity contribution is 7.99. The maximum Gasteiger partial charge on any atom is 0.241 e. The maximum atomic E-state index is 12.6. The number of methoxy groups -OCH3 is 1. The number of sulfonamides is 1. The van der Waals surface area contributed by atoms with Crippen molar-refractivity contribution in [2.24, 2.45) is 0 Å². The van der Waals surface area contributed by atoms with Gasteiger partial charge in [0.25, 0.3) is 0 Å². The molecule has 1 atom stereocenters. The van der Waals surface area contributed by atoms with Gasteiger partial charge in [-0.1, -0.05) is 0 Å². The van der Waals surface area contributed by atoms with Crippen molar-refractivity contribution in [2.45, 2.75) is 30.2 Å². The van der Waals surface area contributed by atoms with E-state index in [0.29, 0.717) is 11.3 Å². The minimum Gasteiger partial charge on any atom is -0.497 e. The lowest BCUT2D eigenvalue weighted by atomic mass is 10.1. The van der Waals surface area contributed by atoms with Crippen molar-refractivity contribution < 1.29 is 18.3 Å². The second kappa shape index (κ2) is 7.49. The van der Waals surface area contributed by atoms with E-state index < -0.39 is 10.0 Å². The molecule has 0 amide bonds. The molecule has 1 aliphatic heterocycles. The summed E-state index contributed by atoms with van der Waals surface area (Å²) < 4.78 is 33.0. The Hall–Kier alpha value is -0.760. The SMILES string of the molecule is COc1ccc(S(=O)(=O)NC2CCCSC2)c(CCO)c1. The molecule has 0 saturated carbocycles. The smallest absolute Gasteiger partial charge is 0.241 e. The lowest BCUT2D eigenvalue weighted by molar-refractivity contribution is 0.298. The zero-order valence-electron chi connectivity index (χ0n) is 12.0. The quantitative estimate of drug-likeness (QED) is 0.824. The van der Waals surface area contributed by atoms with Crippen LogP contribution in [0.15, 0.2) is 23.1 Å². The molecule has 0 bridgehead atoms. The number of thioether (sulfide) groups is 1. The average Bonchev–Trinajstić information content (AvgIpc) is 2.48. The van der Waals surface area contributed by atoms with E-state index in [9.17, 15) is 8.42 Å². The van der Waals surface area contributed by atoms with E-state index in [1.807, 2.05) is 0 Å². The van der Waals surface area contributed by atoms with Gasteiger partial charge in [0.2, 0.25) is 10.0 Å². The molecule has 1 saturated heterocycles. The van der Waals surface area contributed by atoms with Crippen molar-refractivity contribution in [1.82, 2.24) is 4.72 Å². The van der Waals surface area contributed by atoms with Crippen LogP contribution in [0.25, 0.3) is 0 Å². The third kappa shape index (κ3) is 4.35. The first kappa shape index (κ1) is 16.6. The summed E-state index contributed by atoms with van der Waals surface area (Å²) in [5.74, 6) is 2.49. The van der Waals surface area contributed by atoms with Gasteiger partial charge in [-0.2, -0.15) is 11.8 Å². The van der Waals surface area contributed by atoms with Crippen LogP contribution in [0.3, 0.4) is 0 Å². The molecule has 1 unspecified atom stereocenters. The first-order valence-corrected chi connectivity index (χ1v) is 9.58. The third-order valence-electron chi connectivity index (χ3n) is 3.42. The lowest BCUT2D eigenvalue weighted by Gasteiger charge is -2.23. The van der Waals surface area contributed by atoms with Gasteiger partial charge < -0.3 is 9.84 Å². The second-order valence-electron chi connectivity index (χ2n) is 4.98. The minimum absolute atomic E-state index is 0.0159. The summed E-state index contributed by atoms with van der Waals surface area (Å²) in [4.78, 5) is 0.230. The van der Waals surface area contributed by atoms with E-state index in [-0.39, 0.29) is 24.0 Å². The summed E-state index contributed by atoms with van der Waals surface area (Å²) in [6, 6.07) is 4.82. The minimum atomic E-state index is -3.57. The first-order valence-electron chi connectivity index (χ1n) is 6.94. The van der Waals surface area contributed by atoms with Crippen LogP contribution in [0.4, 0.5) is 0 Å². The monoisotopic (exact) mass is 331 g/mol. The van der Waals surface area contributed by atoms with Crippen LogP contribution in [0.1, 0.15) is 18.4 Å². The number of nitrogens with one attached hydrogen (secondary N) is 1. The molecule has 2 N–H and O–H groups in total. The molecular weight excluding hydrogens is 310 g/mol. The van der Waals surface area contributed by atoms with E-state index >= 15 is 0 Å². The average molecular weight is 331 g/mol. The van der Waals surface area contributed by atoms with E-state index in [4.69, 9.17) is 9.84 Å². The van der Waals surface area contributed by atoms with E-state index in [2.05, 4.69) is 4.72 Å². The van der Waals surface area contributed by atoms with E-state index in [0.717, 1.165) is 24.3 Å². The van der Waals surface area contributed by atoms with Crippen LogP contribution in [0.5, 0.6) is 5.75 Å². The number of aliphatic hydroxyl groups is 1. The van der Waals surface area contributed by atoms with Gasteiger partial charge in [0.05, 0.1) is 12.0 Å². The topological polar surface area (TPSA) is 75.6 Å². The Kier molecular flexibility index (Phi) is 5.92. The summed E-state index contributed by atoms with van der Waals surface area (Å²) in [6.07, 6.45) is 2.19. The summed E-state index contributed by atoms with van der Waals surface area (Å²) >= 11 is 1.77. The maximum absolute atomic E-state index is 12.6. The fraction of sp³-hybridized carbons (Fsp3) is 0.571. The number of hydrogen-bond acceptors (Lipinski definition) is 5. The van der Waals surface area contributed by atoms with Crippen molar-refractivity contribution in [1.29, 1.82) is 0 Å². The van der Waals surface area contributed by atoms with Gasteiger partial charge in [0.1, 0.15) is 5.75 Å². The van der Waals surface area contributed by atoms with Crippen molar-refractivity contribution in [3.05, 3.63) is 23.8 Å². The lowest BCUT2D eigenvalue weighted by Crippen LogP contribution is -2.38. The van der Waals surface area contributed by atoms with Crippen LogP contribution in [-0.4, -0.2) is 44.8 Å². The molecular formula is C14H21NO4S2. The Labute approximate surface area is 130 Å². The molecule has 1 aromatic carbocycles. The van der Waals surface area contributed by atoms with Crippen LogP contribution in [0, 0.1) is 0 Å². The van der Waals surface area contributed by atoms with Gasteiger partial charge in [-0.05, 0) is 48.8 Å². The van der Waals surface area contributed by atoms with E-state index in [1.54, 1.807) is 30.0 Å². The molecule has 1 aliphatic rings. The van der Waals surface area contributed by atoms with Crippen LogP contribution in [-0.2, 0) is 16.4 Å². The van der Waals surface area contributed by atoms with Crippen molar-refractivity contribution in [3.63, 3.8) is 0 Å². The number of aliphatic hydroxyl groups excluding tert-OH is 1. The molecule has 0 radical (unpaired) electrons. The Bertz CT molecular complexity index is 568. The molecule has 7 heteroatoms. The molecule has 0 aliphatic carbocycles. The van der Waals surface area contributed by atoms with Gasteiger partial charge in [-0.3, -0.25) is 0 Å². The fourth-order valence-corrected chi connectivity index (χ4v) is 5.08. The highest BCUT2D eigenvalue weighted by Gasteiger charge is 2.24. The number of rotatable bonds is 6. The molecule has 5 nitrogen and oxygen atoms in total. The Morgan fingerprint density at radius 2 is 2.29 bits per heavy atom. The first-order chi connectivity index (χ1) is 10.1. The van der Waals surface area contributed by atoms with E-state index in [1.165, 1.54) is 7.11 Å². The second-order valence-corrected chi connectivity index (χ2v) is 7.81. The predicted molar refractivity (Wildman–Crippen MR) is 84.5 cm³/mol. The molecule has 118 valence electrons. The Morgan fingerprint density at radius 1 is 1.48 bits per heavy atom. The zero-order chi connectivity index (χ0) is 15.3. The molecule has 1 aromatic rings. The Balaban J connectivity index is 2.25. The molecule has 2 rings (SSSR count). The summed E-state index contributed by atoms with van der Waals surface area (Å²) in [5, 5.41) is 9.14. The molecule has 1 fully saturated rings. The Morgan fingerprint density at radius 3 is 2.90 bits per heavy atom. The summed E-state index contributed by atoms with van der Waals surface area (Å²) in [5.41, 5.74) is 0.577.